The highest BCUT2D eigenvalue weighted by Gasteiger charge is 2.31. The zero-order valence-electron chi connectivity index (χ0n) is 11.1. The van der Waals surface area contributed by atoms with Crippen LogP contribution in [-0.4, -0.2) is 61.5 Å². The van der Waals surface area contributed by atoms with Crippen molar-refractivity contribution in [3.63, 3.8) is 0 Å². The fourth-order valence-electron chi connectivity index (χ4n) is 1.14. The maximum absolute atomic E-state index is 11.7. The summed E-state index contributed by atoms with van der Waals surface area (Å²) in [6, 6.07) is -0.913. The fraction of sp³-hybridized carbons (Fsp3) is 0.500. The molecule has 0 aliphatic carbocycles. The van der Waals surface area contributed by atoms with Gasteiger partial charge in [0.05, 0.1) is 19.3 Å². The summed E-state index contributed by atoms with van der Waals surface area (Å²) < 4.78 is 5.01. The first-order valence-corrected chi connectivity index (χ1v) is 5.80. The number of aliphatic hydroxyl groups is 1. The van der Waals surface area contributed by atoms with Crippen molar-refractivity contribution in [1.29, 1.82) is 0 Å². The first-order chi connectivity index (χ1) is 9.19. The lowest BCUT2D eigenvalue weighted by Gasteiger charge is -2.20. The molecule has 0 aromatic heterocycles. The van der Waals surface area contributed by atoms with Crippen molar-refractivity contribution in [2.45, 2.75) is 6.10 Å². The van der Waals surface area contributed by atoms with Gasteiger partial charge in [0.1, 0.15) is 0 Å². The minimum Gasteiger partial charge on any atom is -0.400 e. The minimum atomic E-state index is -0.457. The van der Waals surface area contributed by atoms with Crippen LogP contribution in [0.3, 0.4) is 0 Å². The van der Waals surface area contributed by atoms with Crippen LogP contribution >= 0.6 is 0 Å². The predicted molar refractivity (Wildman–Crippen MR) is 71.8 cm³/mol. The summed E-state index contributed by atoms with van der Waals surface area (Å²) in [5.41, 5.74) is 0. The molecule has 1 unspecified atom stereocenters. The summed E-state index contributed by atoms with van der Waals surface area (Å²) in [4.78, 5) is 24.5. The van der Waals surface area contributed by atoms with Gasteiger partial charge in [0, 0.05) is 20.2 Å². The zero-order chi connectivity index (χ0) is 14.7. The summed E-state index contributed by atoms with van der Waals surface area (Å²) in [7, 11) is 1.00. The Morgan fingerprint density at radius 2 is 1.68 bits per heavy atom. The van der Waals surface area contributed by atoms with Crippen molar-refractivity contribution in [2.24, 2.45) is 0 Å². The van der Waals surface area contributed by atoms with Gasteiger partial charge in [0.15, 0.2) is 0 Å². The van der Waals surface area contributed by atoms with Crippen LogP contribution in [0, 0.1) is 0 Å². The van der Waals surface area contributed by atoms with E-state index in [-0.39, 0.29) is 12.6 Å². The number of amides is 4. The number of urea groups is 2. The molecule has 1 saturated heterocycles. The van der Waals surface area contributed by atoms with E-state index in [4.69, 9.17) is 9.84 Å². The van der Waals surface area contributed by atoms with Gasteiger partial charge in [-0.05, 0) is 0 Å². The molecule has 0 saturated carbocycles. The molecule has 19 heavy (non-hydrogen) atoms. The molecule has 1 aliphatic heterocycles. The van der Waals surface area contributed by atoms with Gasteiger partial charge in [-0.15, -0.1) is 13.2 Å². The highest BCUT2D eigenvalue weighted by atomic mass is 16.6. The second-order valence-electron chi connectivity index (χ2n) is 3.52. The maximum Gasteiger partial charge on any atom is 0.325 e. The molecule has 1 fully saturated rings. The quantitative estimate of drug-likeness (QED) is 0.471. The summed E-state index contributed by atoms with van der Waals surface area (Å²) in [5.74, 6) is 0. The van der Waals surface area contributed by atoms with Gasteiger partial charge in [-0.25, -0.2) is 14.5 Å². The van der Waals surface area contributed by atoms with Crippen molar-refractivity contribution < 1.29 is 19.4 Å². The van der Waals surface area contributed by atoms with Crippen LogP contribution in [0.4, 0.5) is 9.59 Å². The van der Waals surface area contributed by atoms with Gasteiger partial charge < -0.3 is 20.5 Å². The zero-order valence-corrected chi connectivity index (χ0v) is 11.1. The van der Waals surface area contributed by atoms with E-state index in [2.05, 4.69) is 23.8 Å². The SMILES string of the molecule is C=CCNC(=O)N(CC1CO1)C(=O)NCC=C.CO. The topological polar surface area (TPSA) is 94.2 Å². The summed E-state index contributed by atoms with van der Waals surface area (Å²) in [6.07, 6.45) is 3.05. The van der Waals surface area contributed by atoms with Gasteiger partial charge in [0.25, 0.3) is 0 Å². The summed E-state index contributed by atoms with van der Waals surface area (Å²) >= 11 is 0. The molecule has 1 rings (SSSR count). The number of hydrogen-bond donors (Lipinski definition) is 3. The van der Waals surface area contributed by atoms with E-state index in [0.717, 1.165) is 12.0 Å². The number of imide groups is 1. The molecule has 108 valence electrons. The van der Waals surface area contributed by atoms with Crippen LogP contribution in [0.15, 0.2) is 25.3 Å². The third-order valence-electron chi connectivity index (χ3n) is 2.07. The molecular weight excluding hydrogens is 250 g/mol. The van der Waals surface area contributed by atoms with E-state index in [9.17, 15) is 9.59 Å². The minimum absolute atomic E-state index is 0.0426. The van der Waals surface area contributed by atoms with Crippen LogP contribution < -0.4 is 10.6 Å². The van der Waals surface area contributed by atoms with Crippen molar-refractivity contribution >= 4 is 12.1 Å². The van der Waals surface area contributed by atoms with Crippen molar-refractivity contribution in [3.05, 3.63) is 25.3 Å². The summed E-state index contributed by atoms with van der Waals surface area (Å²) in [6.45, 7) is 8.45. The second-order valence-corrected chi connectivity index (χ2v) is 3.52. The lowest BCUT2D eigenvalue weighted by molar-refractivity contribution is 0.182. The largest absolute Gasteiger partial charge is 0.400 e. The first kappa shape index (κ1) is 17.1. The first-order valence-electron chi connectivity index (χ1n) is 5.80. The van der Waals surface area contributed by atoms with Gasteiger partial charge in [0.2, 0.25) is 0 Å². The van der Waals surface area contributed by atoms with Gasteiger partial charge >= 0.3 is 12.1 Å². The lowest BCUT2D eigenvalue weighted by Crippen LogP contribution is -2.50. The Kier molecular flexibility index (Phi) is 9.11. The van der Waals surface area contributed by atoms with Crippen molar-refractivity contribution in [2.75, 3.05) is 33.4 Å². The molecule has 1 aliphatic rings. The molecule has 0 radical (unpaired) electrons. The number of ether oxygens (including phenoxy) is 1. The molecule has 4 amide bonds. The fourth-order valence-corrected chi connectivity index (χ4v) is 1.14. The van der Waals surface area contributed by atoms with E-state index in [1.807, 2.05) is 0 Å². The van der Waals surface area contributed by atoms with Crippen molar-refractivity contribution in [1.82, 2.24) is 15.5 Å². The van der Waals surface area contributed by atoms with Gasteiger partial charge in [-0.1, -0.05) is 12.2 Å². The average Bonchev–Trinajstić information content (AvgIpc) is 3.25. The highest BCUT2D eigenvalue weighted by Crippen LogP contribution is 2.11. The molecule has 0 spiro atoms. The number of hydrogen-bond acceptors (Lipinski definition) is 4. The van der Waals surface area contributed by atoms with E-state index >= 15 is 0 Å². The molecule has 0 bridgehead atoms. The Bertz CT molecular complexity index is 292. The van der Waals surface area contributed by atoms with Crippen LogP contribution in [0.25, 0.3) is 0 Å². The van der Waals surface area contributed by atoms with Gasteiger partial charge in [-0.3, -0.25) is 0 Å². The number of aliphatic hydroxyl groups excluding tert-OH is 1. The number of nitrogens with one attached hydrogen (secondary N) is 2. The number of carbonyl (C=O) groups is 2. The Morgan fingerprint density at radius 1 is 1.26 bits per heavy atom. The van der Waals surface area contributed by atoms with Gasteiger partial charge in [-0.2, -0.15) is 0 Å². The molecule has 0 aromatic rings. The highest BCUT2D eigenvalue weighted by molar-refractivity contribution is 5.93. The number of nitrogens with zero attached hydrogens (tertiary/aromatic N) is 1. The average molecular weight is 271 g/mol. The lowest BCUT2D eigenvalue weighted by atomic mass is 10.4. The third kappa shape index (κ3) is 7.22. The summed E-state index contributed by atoms with van der Waals surface area (Å²) in [5, 5.41) is 12.1. The van der Waals surface area contributed by atoms with Crippen LogP contribution in [-0.2, 0) is 4.74 Å². The Hall–Kier alpha value is -1.86. The smallest absolute Gasteiger partial charge is 0.325 e. The molecule has 1 atom stereocenters. The van der Waals surface area contributed by atoms with E-state index in [0.29, 0.717) is 19.7 Å². The number of rotatable bonds is 6. The van der Waals surface area contributed by atoms with Crippen molar-refractivity contribution in [3.8, 4) is 0 Å². The van der Waals surface area contributed by atoms with E-state index < -0.39 is 12.1 Å². The molecule has 7 nitrogen and oxygen atoms in total. The normalized spacial score (nSPS) is 15.4. The second kappa shape index (κ2) is 10.1. The predicted octanol–water partition coefficient (Wildman–Crippen LogP) is 0.0869. The molecule has 0 aromatic carbocycles. The standard InChI is InChI=1S/C11H17N3O3.CH4O/c1-3-5-12-10(15)14(7-9-8-17-9)11(16)13-6-4-2;1-2/h3-4,9H,1-2,5-8H2,(H,12,15)(H,13,16);2H,1H3. The molecule has 7 heteroatoms. The number of carbonyl (C=O) groups excluding carboxylic acids is 2. The van der Waals surface area contributed by atoms with E-state index in [1.54, 1.807) is 12.2 Å². The van der Waals surface area contributed by atoms with E-state index in [1.165, 1.54) is 0 Å². The Balaban J connectivity index is 0.00000154. The van der Waals surface area contributed by atoms with Crippen LogP contribution in [0.5, 0.6) is 0 Å². The monoisotopic (exact) mass is 271 g/mol. The Labute approximate surface area is 112 Å². The van der Waals surface area contributed by atoms with Crippen LogP contribution in [0.1, 0.15) is 0 Å². The molecular formula is C12H21N3O4. The van der Waals surface area contributed by atoms with Crippen LogP contribution in [0.2, 0.25) is 0 Å². The molecule has 1 heterocycles. The Morgan fingerprint density at radius 3 is 2.00 bits per heavy atom. The third-order valence-corrected chi connectivity index (χ3v) is 2.07. The number of epoxide rings is 1. The maximum atomic E-state index is 11.7. The molecule has 3 N–H and O–H groups in total.